The lowest BCUT2D eigenvalue weighted by Crippen LogP contribution is -2.47. The number of anilines is 1. The highest BCUT2D eigenvalue weighted by Crippen LogP contribution is 2.57. The summed E-state index contributed by atoms with van der Waals surface area (Å²) >= 11 is 0. The maximum Gasteiger partial charge on any atom is 0.410 e. The Bertz CT molecular complexity index is 1530. The zero-order valence-corrected chi connectivity index (χ0v) is 23.4. The van der Waals surface area contributed by atoms with Crippen LogP contribution in [0.1, 0.15) is 44.7 Å². The minimum Gasteiger partial charge on any atom is -0.491 e. The Labute approximate surface area is 238 Å². The maximum absolute atomic E-state index is 14.7. The molecule has 1 atom stereocenters. The van der Waals surface area contributed by atoms with Gasteiger partial charge in [0.25, 0.3) is 0 Å². The lowest BCUT2D eigenvalue weighted by molar-refractivity contribution is -0.122. The second kappa shape index (κ2) is 9.36. The van der Waals surface area contributed by atoms with E-state index in [0.29, 0.717) is 36.9 Å². The Morgan fingerprint density at radius 3 is 2.51 bits per heavy atom. The van der Waals surface area contributed by atoms with E-state index in [-0.39, 0.29) is 31.3 Å². The molecular formula is C31H32N4O6. The summed E-state index contributed by atoms with van der Waals surface area (Å²) in [4.78, 5) is 39.5. The molecule has 7 rings (SSSR count). The van der Waals surface area contributed by atoms with E-state index in [9.17, 15) is 9.59 Å². The second-order valence-corrected chi connectivity index (χ2v) is 12.0. The number of fused-ring (bicyclic) bond motifs is 5. The number of benzene rings is 2. The molecule has 1 spiro atoms. The van der Waals surface area contributed by atoms with Crippen LogP contribution in [0, 0.1) is 5.92 Å². The molecule has 0 saturated carbocycles. The highest BCUT2D eigenvalue weighted by molar-refractivity contribution is 6.13. The molecule has 3 aromatic rings. The Morgan fingerprint density at radius 2 is 1.78 bits per heavy atom. The van der Waals surface area contributed by atoms with Crippen molar-refractivity contribution in [2.75, 3.05) is 37.9 Å². The monoisotopic (exact) mass is 556 g/mol. The summed E-state index contributed by atoms with van der Waals surface area (Å²) in [6, 6.07) is 9.72. The quantitative estimate of drug-likeness (QED) is 0.463. The van der Waals surface area contributed by atoms with Crippen molar-refractivity contribution in [3.05, 3.63) is 60.2 Å². The summed E-state index contributed by atoms with van der Waals surface area (Å²) in [6.07, 6.45) is 6.31. The molecule has 1 saturated heterocycles. The number of likely N-dealkylation sites (tertiary alicyclic amines) is 1. The smallest absolute Gasteiger partial charge is 0.410 e. The summed E-state index contributed by atoms with van der Waals surface area (Å²) < 4.78 is 23.1. The van der Waals surface area contributed by atoms with Crippen molar-refractivity contribution in [3.63, 3.8) is 0 Å². The van der Waals surface area contributed by atoms with Crippen LogP contribution < -0.4 is 19.1 Å². The Balaban J connectivity index is 1.25. The van der Waals surface area contributed by atoms with E-state index >= 15 is 0 Å². The van der Waals surface area contributed by atoms with Gasteiger partial charge in [0.1, 0.15) is 29.7 Å². The summed E-state index contributed by atoms with van der Waals surface area (Å²) in [5.74, 6) is 2.05. The summed E-state index contributed by atoms with van der Waals surface area (Å²) in [5.41, 5.74) is 2.68. The Kier molecular flexibility index (Phi) is 5.85. The first-order valence-corrected chi connectivity index (χ1v) is 14.0. The minimum absolute atomic E-state index is 0.0241. The zero-order valence-electron chi connectivity index (χ0n) is 23.4. The number of ether oxygens (including phenoxy) is 4. The van der Waals surface area contributed by atoms with Crippen LogP contribution >= 0.6 is 0 Å². The highest BCUT2D eigenvalue weighted by atomic mass is 16.7. The number of piperidine rings is 1. The van der Waals surface area contributed by atoms with Gasteiger partial charge in [-0.05, 0) is 57.2 Å². The van der Waals surface area contributed by atoms with Gasteiger partial charge >= 0.3 is 6.09 Å². The van der Waals surface area contributed by atoms with Crippen LogP contribution in [0.3, 0.4) is 0 Å². The van der Waals surface area contributed by atoms with Crippen LogP contribution in [0.4, 0.5) is 10.5 Å². The van der Waals surface area contributed by atoms with E-state index in [1.807, 2.05) is 56.0 Å². The van der Waals surface area contributed by atoms with Crippen molar-refractivity contribution < 1.29 is 28.5 Å². The van der Waals surface area contributed by atoms with Gasteiger partial charge in [0.2, 0.25) is 12.7 Å². The summed E-state index contributed by atoms with van der Waals surface area (Å²) in [5, 5.41) is 0. The fourth-order valence-corrected chi connectivity index (χ4v) is 6.43. The number of carbonyl (C=O) groups excluding carboxylic acids is 2. The van der Waals surface area contributed by atoms with Gasteiger partial charge in [0.05, 0.1) is 0 Å². The van der Waals surface area contributed by atoms with Gasteiger partial charge in [-0.2, -0.15) is 0 Å². The zero-order chi connectivity index (χ0) is 28.4. The number of aromatic nitrogens is 2. The van der Waals surface area contributed by atoms with Crippen molar-refractivity contribution in [2.45, 2.75) is 44.6 Å². The Hall–Kier alpha value is -4.34. The molecule has 1 aromatic heterocycles. The predicted molar refractivity (Wildman–Crippen MR) is 149 cm³/mol. The molecule has 4 aliphatic heterocycles. The molecule has 4 aliphatic rings. The third-order valence-corrected chi connectivity index (χ3v) is 8.33. The molecule has 2 aromatic carbocycles. The SMILES string of the molecule is CC(C)(C)OC(=O)N1CCC(CN2C(=O)C3(COc4cc5c(cc43)OCO5)c3c(-c4cncnc4)cccc32)CC1. The molecule has 0 radical (unpaired) electrons. The number of carbonyl (C=O) groups is 2. The number of amides is 2. The molecule has 2 amide bonds. The van der Waals surface area contributed by atoms with Gasteiger partial charge in [0, 0.05) is 60.5 Å². The predicted octanol–water partition coefficient (Wildman–Crippen LogP) is 4.54. The fraction of sp³-hybridized carbons (Fsp3) is 0.419. The second-order valence-electron chi connectivity index (χ2n) is 12.0. The largest absolute Gasteiger partial charge is 0.491 e. The minimum atomic E-state index is -1.05. The molecule has 212 valence electrons. The lowest BCUT2D eigenvalue weighted by atomic mass is 9.74. The molecule has 0 bridgehead atoms. The van der Waals surface area contributed by atoms with Gasteiger partial charge in [-0.25, -0.2) is 14.8 Å². The molecule has 0 N–H and O–H groups in total. The van der Waals surface area contributed by atoms with E-state index in [1.165, 1.54) is 6.33 Å². The van der Waals surface area contributed by atoms with Gasteiger partial charge in [-0.3, -0.25) is 4.79 Å². The van der Waals surface area contributed by atoms with Crippen LogP contribution in [-0.4, -0.2) is 65.5 Å². The van der Waals surface area contributed by atoms with Crippen molar-refractivity contribution in [1.82, 2.24) is 14.9 Å². The number of hydrogen-bond donors (Lipinski definition) is 0. The van der Waals surface area contributed by atoms with E-state index in [0.717, 1.165) is 40.8 Å². The van der Waals surface area contributed by atoms with Crippen LogP contribution in [-0.2, 0) is 14.9 Å². The molecule has 10 heteroatoms. The Morgan fingerprint density at radius 1 is 1.05 bits per heavy atom. The molecule has 0 aliphatic carbocycles. The third-order valence-electron chi connectivity index (χ3n) is 8.33. The molecule has 41 heavy (non-hydrogen) atoms. The van der Waals surface area contributed by atoms with Crippen LogP contribution in [0.15, 0.2) is 49.1 Å². The standard InChI is InChI=1S/C31H32N4O6/c1-30(2,3)41-29(37)34-9-7-19(8-10-34)15-35-23-6-4-5-21(20-13-32-17-33-14-20)27(23)31(28(35)36)16-38-24-12-26-25(11-22(24)31)39-18-40-26/h4-6,11-14,17,19H,7-10,15-16,18H2,1-3H3. The van der Waals surface area contributed by atoms with Gasteiger partial charge < -0.3 is 28.7 Å². The molecule has 10 nitrogen and oxygen atoms in total. The van der Waals surface area contributed by atoms with Gasteiger partial charge in [-0.1, -0.05) is 12.1 Å². The van der Waals surface area contributed by atoms with E-state index in [1.54, 1.807) is 17.3 Å². The maximum atomic E-state index is 14.7. The average molecular weight is 557 g/mol. The molecule has 1 unspecified atom stereocenters. The first-order valence-electron chi connectivity index (χ1n) is 14.0. The van der Waals surface area contributed by atoms with Crippen LogP contribution in [0.5, 0.6) is 17.2 Å². The molecule has 5 heterocycles. The molecule has 1 fully saturated rings. The lowest BCUT2D eigenvalue weighted by Gasteiger charge is -2.35. The van der Waals surface area contributed by atoms with Gasteiger partial charge in [-0.15, -0.1) is 0 Å². The van der Waals surface area contributed by atoms with E-state index in [4.69, 9.17) is 18.9 Å². The normalized spacial score (nSPS) is 21.2. The van der Waals surface area contributed by atoms with E-state index in [2.05, 4.69) is 9.97 Å². The molecular weight excluding hydrogens is 524 g/mol. The summed E-state index contributed by atoms with van der Waals surface area (Å²) in [7, 11) is 0. The number of nitrogens with zero attached hydrogens (tertiary/aromatic N) is 4. The van der Waals surface area contributed by atoms with Crippen LogP contribution in [0.25, 0.3) is 11.1 Å². The third kappa shape index (κ3) is 4.15. The van der Waals surface area contributed by atoms with E-state index < -0.39 is 11.0 Å². The van der Waals surface area contributed by atoms with Crippen molar-refractivity contribution in [2.24, 2.45) is 5.92 Å². The van der Waals surface area contributed by atoms with Crippen molar-refractivity contribution in [3.8, 4) is 28.4 Å². The number of rotatable bonds is 3. The van der Waals surface area contributed by atoms with Crippen LogP contribution in [0.2, 0.25) is 0 Å². The average Bonchev–Trinajstić information content (AvgIpc) is 3.64. The van der Waals surface area contributed by atoms with Gasteiger partial charge in [0.15, 0.2) is 11.5 Å². The highest BCUT2D eigenvalue weighted by Gasteiger charge is 2.58. The fourth-order valence-electron chi connectivity index (χ4n) is 6.43. The topological polar surface area (TPSA) is 103 Å². The first kappa shape index (κ1) is 25.6. The van der Waals surface area contributed by atoms with Crippen molar-refractivity contribution >= 4 is 17.7 Å². The summed E-state index contributed by atoms with van der Waals surface area (Å²) in [6.45, 7) is 7.66. The first-order chi connectivity index (χ1) is 19.7. The number of hydrogen-bond acceptors (Lipinski definition) is 8. The van der Waals surface area contributed by atoms with Crippen molar-refractivity contribution in [1.29, 1.82) is 0 Å².